The van der Waals surface area contributed by atoms with Gasteiger partial charge in [0.05, 0.1) is 28.5 Å². The van der Waals surface area contributed by atoms with Gasteiger partial charge in [-0.05, 0) is 55.4 Å². The maximum Gasteiger partial charge on any atom is 0.164 e. The molecule has 6 aromatic rings. The number of pyridine rings is 1. The molecule has 0 spiro atoms. The van der Waals surface area contributed by atoms with Gasteiger partial charge in [-0.15, -0.1) is 0 Å². The van der Waals surface area contributed by atoms with Crippen LogP contribution in [-0.4, -0.2) is 66.9 Å². The number of likely N-dealkylation sites (N-methyl/N-ethyl adjacent to an activating group) is 1. The van der Waals surface area contributed by atoms with Crippen molar-refractivity contribution in [2.24, 2.45) is 0 Å². The average molecular weight is 535 g/mol. The number of piperazine rings is 1. The van der Waals surface area contributed by atoms with Crippen molar-refractivity contribution in [2.45, 2.75) is 18.5 Å². The van der Waals surface area contributed by atoms with Gasteiger partial charge in [-0.3, -0.25) is 15.0 Å². The number of fused-ring (bicyclic) bond motifs is 4. The topological polar surface area (TPSA) is 78.2 Å². The summed E-state index contributed by atoms with van der Waals surface area (Å²) >= 11 is 0. The maximum atomic E-state index is 15.9. The summed E-state index contributed by atoms with van der Waals surface area (Å²) in [7, 11) is 2.10. The van der Waals surface area contributed by atoms with Crippen LogP contribution in [0.2, 0.25) is 0 Å². The lowest BCUT2D eigenvalue weighted by Crippen LogP contribution is -2.44. The zero-order chi connectivity index (χ0) is 27.0. The first-order chi connectivity index (χ1) is 19.6. The van der Waals surface area contributed by atoms with Gasteiger partial charge in [-0.2, -0.15) is 10.2 Å². The molecule has 2 saturated heterocycles. The number of likely N-dealkylation sites (tertiary alicyclic amines) is 1. The predicted molar refractivity (Wildman–Crippen MR) is 149 cm³/mol. The summed E-state index contributed by atoms with van der Waals surface area (Å²) in [5, 5.41) is 13.0. The Labute approximate surface area is 227 Å². The molecule has 10 heteroatoms. The molecule has 8 rings (SSSR count). The molecule has 2 fully saturated rings. The molecule has 2 aliphatic rings. The van der Waals surface area contributed by atoms with E-state index < -0.39 is 11.6 Å². The van der Waals surface area contributed by atoms with E-state index in [0.29, 0.717) is 23.1 Å². The van der Waals surface area contributed by atoms with Gasteiger partial charge in [0.1, 0.15) is 17.3 Å². The van der Waals surface area contributed by atoms with Crippen molar-refractivity contribution in [1.82, 2.24) is 34.7 Å². The molecule has 0 amide bonds. The number of aromatic nitrogens is 6. The Bertz CT molecular complexity index is 1890. The molecule has 2 atom stereocenters. The SMILES string of the molecule is CN1C[C@@H]2C[C@@H]1CN2c1cc(F)c(-c2ccnc3c(-c4cccc5[nH]ncc45)c(-c4ccncc4)nn23)c(F)c1. The fourth-order valence-electron chi connectivity index (χ4n) is 6.43. The molecule has 8 nitrogen and oxygen atoms in total. The van der Waals surface area contributed by atoms with E-state index >= 15 is 8.78 Å². The zero-order valence-corrected chi connectivity index (χ0v) is 21.6. The molecule has 2 aromatic carbocycles. The number of hydrogen-bond donors (Lipinski definition) is 1. The molecule has 0 saturated carbocycles. The summed E-state index contributed by atoms with van der Waals surface area (Å²) in [5.41, 5.74) is 5.14. The highest BCUT2D eigenvalue weighted by Crippen LogP contribution is 2.41. The zero-order valence-electron chi connectivity index (χ0n) is 21.6. The van der Waals surface area contributed by atoms with Crippen LogP contribution in [0, 0.1) is 11.6 Å². The number of halogens is 2. The van der Waals surface area contributed by atoms with Crippen molar-refractivity contribution in [1.29, 1.82) is 0 Å². The van der Waals surface area contributed by atoms with Gasteiger partial charge in [0.25, 0.3) is 0 Å². The van der Waals surface area contributed by atoms with Crippen LogP contribution in [0.4, 0.5) is 14.5 Å². The Morgan fingerprint density at radius 1 is 0.925 bits per heavy atom. The number of hydrogen-bond acceptors (Lipinski definition) is 6. The summed E-state index contributed by atoms with van der Waals surface area (Å²) in [4.78, 5) is 13.2. The summed E-state index contributed by atoms with van der Waals surface area (Å²) in [5.74, 6) is -1.25. The third-order valence-corrected chi connectivity index (χ3v) is 8.36. The molecule has 0 unspecified atom stereocenters. The third-order valence-electron chi connectivity index (χ3n) is 8.36. The average Bonchev–Trinajstić information content (AvgIpc) is 3.75. The van der Waals surface area contributed by atoms with E-state index in [4.69, 9.17) is 5.10 Å². The number of nitrogens with zero attached hydrogens (tertiary/aromatic N) is 7. The first-order valence-corrected chi connectivity index (χ1v) is 13.2. The number of aromatic amines is 1. The normalized spacial score (nSPS) is 18.9. The van der Waals surface area contributed by atoms with Crippen LogP contribution in [-0.2, 0) is 0 Å². The second-order valence-corrected chi connectivity index (χ2v) is 10.6. The Hall–Kier alpha value is -4.70. The molecule has 40 heavy (non-hydrogen) atoms. The monoisotopic (exact) mass is 534 g/mol. The lowest BCUT2D eigenvalue weighted by molar-refractivity contribution is 0.292. The van der Waals surface area contributed by atoms with E-state index in [2.05, 4.69) is 37.0 Å². The maximum absolute atomic E-state index is 15.9. The largest absolute Gasteiger partial charge is 0.365 e. The Balaban J connectivity index is 1.33. The number of rotatable bonds is 4. The summed E-state index contributed by atoms with van der Waals surface area (Å²) in [6, 6.07) is 14.8. The molecule has 0 radical (unpaired) electrons. The van der Waals surface area contributed by atoms with Gasteiger partial charge >= 0.3 is 0 Å². The standard InChI is InChI=1S/C30H24F2N8/c1-38-15-20-11-19(38)16-39(20)18-12-23(31)28(24(32)13-18)26-7-10-34-30-27(21-3-2-4-25-22(21)14-35-36-25)29(37-40(26)30)17-5-8-33-9-6-17/h2-10,12-14,19-20H,11,15-16H2,1H3,(H,35,36)/t19-,20+/m1/s1. The van der Waals surface area contributed by atoms with Crippen LogP contribution in [0.3, 0.4) is 0 Å². The molecular weight excluding hydrogens is 510 g/mol. The second-order valence-electron chi connectivity index (χ2n) is 10.6. The molecule has 6 heterocycles. The van der Waals surface area contributed by atoms with E-state index in [1.165, 1.54) is 16.6 Å². The minimum atomic E-state index is -0.627. The van der Waals surface area contributed by atoms with E-state index in [-0.39, 0.29) is 17.3 Å². The van der Waals surface area contributed by atoms with Crippen molar-refractivity contribution < 1.29 is 8.78 Å². The van der Waals surface area contributed by atoms with E-state index in [1.54, 1.807) is 30.9 Å². The number of H-pyrrole nitrogens is 1. The summed E-state index contributed by atoms with van der Waals surface area (Å²) < 4.78 is 33.3. The fourth-order valence-corrected chi connectivity index (χ4v) is 6.43. The van der Waals surface area contributed by atoms with E-state index in [1.807, 2.05) is 30.3 Å². The van der Waals surface area contributed by atoms with Crippen molar-refractivity contribution in [2.75, 3.05) is 25.0 Å². The van der Waals surface area contributed by atoms with Crippen molar-refractivity contribution >= 4 is 22.2 Å². The van der Waals surface area contributed by atoms with Gasteiger partial charge in [0.15, 0.2) is 5.65 Å². The smallest absolute Gasteiger partial charge is 0.164 e. The Kier molecular flexibility index (Phi) is 5.02. The van der Waals surface area contributed by atoms with Crippen LogP contribution >= 0.6 is 0 Å². The lowest BCUT2D eigenvalue weighted by Gasteiger charge is -2.33. The minimum Gasteiger partial charge on any atom is -0.365 e. The van der Waals surface area contributed by atoms with Crippen LogP contribution in [0.25, 0.3) is 50.2 Å². The summed E-state index contributed by atoms with van der Waals surface area (Å²) in [6.45, 7) is 1.67. The predicted octanol–water partition coefficient (Wildman–Crippen LogP) is 5.17. The highest BCUT2D eigenvalue weighted by Gasteiger charge is 2.41. The van der Waals surface area contributed by atoms with Crippen molar-refractivity contribution in [3.8, 4) is 33.6 Å². The Morgan fingerprint density at radius 3 is 2.50 bits per heavy atom. The van der Waals surface area contributed by atoms with Gasteiger partial charge in [0.2, 0.25) is 0 Å². The fraction of sp³-hybridized carbons (Fsp3) is 0.200. The summed E-state index contributed by atoms with van der Waals surface area (Å²) in [6.07, 6.45) is 7.73. The van der Waals surface area contributed by atoms with Crippen LogP contribution in [0.15, 0.2) is 73.3 Å². The van der Waals surface area contributed by atoms with Gasteiger partial charge in [0, 0.05) is 60.4 Å². The van der Waals surface area contributed by atoms with Gasteiger partial charge < -0.3 is 4.90 Å². The number of nitrogens with one attached hydrogen (secondary N) is 1. The minimum absolute atomic E-state index is 0.130. The van der Waals surface area contributed by atoms with Crippen LogP contribution in [0.1, 0.15) is 6.42 Å². The van der Waals surface area contributed by atoms with Gasteiger partial charge in [-0.1, -0.05) is 12.1 Å². The van der Waals surface area contributed by atoms with Crippen LogP contribution in [0.5, 0.6) is 0 Å². The first-order valence-electron chi connectivity index (χ1n) is 13.2. The Morgan fingerprint density at radius 2 is 1.75 bits per heavy atom. The first kappa shape index (κ1) is 23.2. The molecule has 4 aromatic heterocycles. The van der Waals surface area contributed by atoms with E-state index in [9.17, 15) is 0 Å². The molecule has 2 aliphatic heterocycles. The second kappa shape index (κ2) is 8.65. The third kappa shape index (κ3) is 3.39. The molecular formula is C30H24F2N8. The molecule has 1 N–H and O–H groups in total. The quantitative estimate of drug-likeness (QED) is 0.336. The van der Waals surface area contributed by atoms with Crippen LogP contribution < -0.4 is 4.90 Å². The molecule has 0 aliphatic carbocycles. The lowest BCUT2D eigenvalue weighted by atomic mass is 9.99. The van der Waals surface area contributed by atoms with Crippen molar-refractivity contribution in [3.05, 3.63) is 85.0 Å². The molecule has 2 bridgehead atoms. The van der Waals surface area contributed by atoms with E-state index in [0.717, 1.165) is 47.1 Å². The number of anilines is 1. The highest BCUT2D eigenvalue weighted by atomic mass is 19.1. The highest BCUT2D eigenvalue weighted by molar-refractivity contribution is 6.02. The van der Waals surface area contributed by atoms with Crippen molar-refractivity contribution in [3.63, 3.8) is 0 Å². The molecule has 198 valence electrons. The van der Waals surface area contributed by atoms with Gasteiger partial charge in [-0.25, -0.2) is 18.3 Å². The number of benzene rings is 2.